The number of benzene rings is 1. The normalized spacial score (nSPS) is 14.8. The number of hydrogen-bond donors (Lipinski definition) is 1. The number of anilines is 1. The molecule has 1 aliphatic carbocycles. The highest BCUT2D eigenvalue weighted by Gasteiger charge is 2.24. The number of hydrogen-bond acceptors (Lipinski definition) is 2. The Balaban J connectivity index is 1.91. The number of aryl methyl sites for hydroxylation is 1. The van der Waals surface area contributed by atoms with Crippen LogP contribution in [-0.4, -0.2) is 9.38 Å². The van der Waals surface area contributed by atoms with Crippen molar-refractivity contribution in [2.75, 3.05) is 5.73 Å². The zero-order valence-electron chi connectivity index (χ0n) is 11.5. The molecule has 0 spiro atoms. The summed E-state index contributed by atoms with van der Waals surface area (Å²) in [6, 6.07) is 14.7. The summed E-state index contributed by atoms with van der Waals surface area (Å²) in [4.78, 5) is 4.70. The second-order valence-electron chi connectivity index (χ2n) is 5.61. The number of imidazole rings is 1. The van der Waals surface area contributed by atoms with Crippen LogP contribution in [0.3, 0.4) is 0 Å². The molecule has 0 aliphatic heterocycles. The summed E-state index contributed by atoms with van der Waals surface area (Å²) in [5.74, 6) is 1.47. The molecule has 20 heavy (non-hydrogen) atoms. The predicted octanol–water partition coefficient (Wildman–Crippen LogP) is 3.77. The molecule has 2 heterocycles. The molecular formula is C17H17N3. The molecule has 0 atom stereocenters. The van der Waals surface area contributed by atoms with Crippen LogP contribution in [0.5, 0.6) is 0 Å². The molecule has 1 fully saturated rings. The maximum Gasteiger partial charge on any atom is 0.139 e. The van der Waals surface area contributed by atoms with Gasteiger partial charge in [0.1, 0.15) is 17.2 Å². The zero-order valence-corrected chi connectivity index (χ0v) is 11.5. The largest absolute Gasteiger partial charge is 0.383 e. The summed E-state index contributed by atoms with van der Waals surface area (Å²) in [5, 5.41) is 0. The van der Waals surface area contributed by atoms with Gasteiger partial charge in [-0.15, -0.1) is 0 Å². The maximum atomic E-state index is 6.31. The Labute approximate surface area is 118 Å². The van der Waals surface area contributed by atoms with Crippen molar-refractivity contribution >= 4 is 11.5 Å². The van der Waals surface area contributed by atoms with Crippen LogP contribution in [0.4, 0.5) is 5.82 Å². The first-order chi connectivity index (χ1) is 9.74. The van der Waals surface area contributed by atoms with Gasteiger partial charge in [0.05, 0.1) is 0 Å². The highest BCUT2D eigenvalue weighted by atomic mass is 15.1. The van der Waals surface area contributed by atoms with Crippen molar-refractivity contribution in [3.05, 3.63) is 53.7 Å². The molecule has 3 heteroatoms. The minimum Gasteiger partial charge on any atom is -0.383 e. The lowest BCUT2D eigenvalue weighted by atomic mass is 10.1. The van der Waals surface area contributed by atoms with Gasteiger partial charge in [-0.3, -0.25) is 4.40 Å². The highest BCUT2D eigenvalue weighted by molar-refractivity contribution is 5.75. The van der Waals surface area contributed by atoms with Crippen LogP contribution in [0.2, 0.25) is 0 Å². The third-order valence-electron chi connectivity index (χ3n) is 4.08. The molecule has 4 rings (SSSR count). The van der Waals surface area contributed by atoms with Gasteiger partial charge in [0.2, 0.25) is 0 Å². The number of rotatable bonds is 2. The first kappa shape index (κ1) is 11.5. The summed E-state index contributed by atoms with van der Waals surface area (Å²) < 4.78 is 2.01. The summed E-state index contributed by atoms with van der Waals surface area (Å²) in [7, 11) is 0. The van der Waals surface area contributed by atoms with E-state index in [4.69, 9.17) is 10.7 Å². The average Bonchev–Trinajstić information content (AvgIpc) is 3.24. The molecule has 1 saturated carbocycles. The van der Waals surface area contributed by atoms with Crippen molar-refractivity contribution in [1.29, 1.82) is 0 Å². The number of fused-ring (bicyclic) bond motifs is 1. The van der Waals surface area contributed by atoms with E-state index in [-0.39, 0.29) is 0 Å². The van der Waals surface area contributed by atoms with E-state index in [1.807, 2.05) is 16.5 Å². The monoisotopic (exact) mass is 263 g/mol. The first-order valence-corrected chi connectivity index (χ1v) is 7.08. The second kappa shape index (κ2) is 4.10. The fourth-order valence-electron chi connectivity index (χ4n) is 2.85. The van der Waals surface area contributed by atoms with Crippen molar-refractivity contribution in [3.63, 3.8) is 0 Å². The van der Waals surface area contributed by atoms with E-state index in [0.29, 0.717) is 0 Å². The van der Waals surface area contributed by atoms with E-state index in [0.717, 1.165) is 34.3 Å². The molecule has 1 aromatic carbocycles. The number of nitrogens with zero attached hydrogens (tertiary/aromatic N) is 2. The topological polar surface area (TPSA) is 43.3 Å². The summed E-state index contributed by atoms with van der Waals surface area (Å²) >= 11 is 0. The highest BCUT2D eigenvalue weighted by Crippen LogP contribution is 2.41. The molecular weight excluding hydrogens is 246 g/mol. The Morgan fingerprint density at radius 1 is 1.15 bits per heavy atom. The summed E-state index contributed by atoms with van der Waals surface area (Å²) in [6.07, 6.45) is 2.62. The lowest BCUT2D eigenvalue weighted by Gasteiger charge is -2.04. The lowest BCUT2D eigenvalue weighted by molar-refractivity contribution is 1.10. The predicted molar refractivity (Wildman–Crippen MR) is 81.8 cm³/mol. The second-order valence-corrected chi connectivity index (χ2v) is 5.61. The fourth-order valence-corrected chi connectivity index (χ4v) is 2.85. The molecule has 0 bridgehead atoms. The molecule has 2 aromatic heterocycles. The summed E-state index contributed by atoms with van der Waals surface area (Å²) in [6.45, 7) is 2.05. The van der Waals surface area contributed by atoms with Gasteiger partial charge < -0.3 is 5.73 Å². The van der Waals surface area contributed by atoms with Crippen LogP contribution in [-0.2, 0) is 0 Å². The lowest BCUT2D eigenvalue weighted by Crippen LogP contribution is -1.97. The smallest absolute Gasteiger partial charge is 0.139 e. The number of aromatic nitrogens is 2. The number of nitrogen functional groups attached to an aromatic ring is 1. The van der Waals surface area contributed by atoms with Gasteiger partial charge in [-0.25, -0.2) is 4.98 Å². The molecule has 3 aromatic rings. The van der Waals surface area contributed by atoms with Crippen molar-refractivity contribution < 1.29 is 0 Å². The average molecular weight is 263 g/mol. The van der Waals surface area contributed by atoms with Crippen LogP contribution in [0.15, 0.2) is 42.5 Å². The standard InChI is InChI=1S/C17H17N3/c1-11-4-2-7-15-19-16(17(18)20(11)15)14-6-3-5-13(10-14)12-8-9-12/h2-7,10,12H,8-9,18H2,1H3. The number of pyridine rings is 1. The fraction of sp³-hybridized carbons (Fsp3) is 0.235. The molecule has 0 saturated heterocycles. The molecule has 1 aliphatic rings. The van der Waals surface area contributed by atoms with Gasteiger partial charge in [-0.2, -0.15) is 0 Å². The Hall–Kier alpha value is -2.29. The van der Waals surface area contributed by atoms with Gasteiger partial charge in [-0.05, 0) is 49.4 Å². The summed E-state index contributed by atoms with van der Waals surface area (Å²) in [5.41, 5.74) is 11.8. The van der Waals surface area contributed by atoms with Crippen LogP contribution >= 0.6 is 0 Å². The first-order valence-electron chi connectivity index (χ1n) is 7.08. The molecule has 0 unspecified atom stereocenters. The van der Waals surface area contributed by atoms with Crippen LogP contribution < -0.4 is 5.73 Å². The maximum absolute atomic E-state index is 6.31. The minimum absolute atomic E-state index is 0.728. The van der Waals surface area contributed by atoms with E-state index >= 15 is 0 Å². The minimum atomic E-state index is 0.728. The van der Waals surface area contributed by atoms with E-state index in [2.05, 4.69) is 37.3 Å². The molecule has 2 N–H and O–H groups in total. The Morgan fingerprint density at radius 3 is 2.70 bits per heavy atom. The van der Waals surface area contributed by atoms with Crippen LogP contribution in [0, 0.1) is 6.92 Å². The number of nitrogens with two attached hydrogens (primary N) is 1. The van der Waals surface area contributed by atoms with Crippen molar-refractivity contribution in [1.82, 2.24) is 9.38 Å². The van der Waals surface area contributed by atoms with Crippen LogP contribution in [0.25, 0.3) is 16.9 Å². The quantitative estimate of drug-likeness (QED) is 0.764. The molecule has 0 radical (unpaired) electrons. The Kier molecular flexibility index (Phi) is 2.36. The third kappa shape index (κ3) is 1.70. The van der Waals surface area contributed by atoms with E-state index in [9.17, 15) is 0 Å². The zero-order chi connectivity index (χ0) is 13.7. The van der Waals surface area contributed by atoms with Crippen molar-refractivity contribution in [2.45, 2.75) is 25.7 Å². The molecule has 0 amide bonds. The van der Waals surface area contributed by atoms with Gasteiger partial charge in [-0.1, -0.05) is 24.3 Å². The van der Waals surface area contributed by atoms with Gasteiger partial charge >= 0.3 is 0 Å². The van der Waals surface area contributed by atoms with E-state index in [1.54, 1.807) is 0 Å². The Bertz CT molecular complexity index is 797. The van der Waals surface area contributed by atoms with Crippen molar-refractivity contribution in [3.8, 4) is 11.3 Å². The SMILES string of the molecule is Cc1cccc2nc(-c3cccc(C4CC4)c3)c(N)n12. The van der Waals surface area contributed by atoms with E-state index < -0.39 is 0 Å². The van der Waals surface area contributed by atoms with E-state index in [1.165, 1.54) is 18.4 Å². The van der Waals surface area contributed by atoms with Gasteiger partial charge in [0.25, 0.3) is 0 Å². The van der Waals surface area contributed by atoms with Gasteiger partial charge in [0.15, 0.2) is 0 Å². The molecule has 3 nitrogen and oxygen atoms in total. The third-order valence-corrected chi connectivity index (χ3v) is 4.08. The van der Waals surface area contributed by atoms with Crippen LogP contribution in [0.1, 0.15) is 30.0 Å². The Morgan fingerprint density at radius 2 is 1.95 bits per heavy atom. The van der Waals surface area contributed by atoms with Crippen molar-refractivity contribution in [2.24, 2.45) is 0 Å². The van der Waals surface area contributed by atoms with Gasteiger partial charge in [0, 0.05) is 11.3 Å². The molecule has 100 valence electrons.